The van der Waals surface area contributed by atoms with Crippen LogP contribution < -0.4 is 16.0 Å². The molecule has 0 saturated carbocycles. The number of sulfonamides is 1. The number of anilines is 1. The largest absolute Gasteiger partial charge is 0.349 e. The van der Waals surface area contributed by atoms with E-state index in [4.69, 9.17) is 5.84 Å². The summed E-state index contributed by atoms with van der Waals surface area (Å²) in [7, 11) is -3.65. The van der Waals surface area contributed by atoms with Crippen LogP contribution in [0.4, 0.5) is 5.69 Å². The van der Waals surface area contributed by atoms with Gasteiger partial charge in [-0.25, -0.2) is 14.3 Å². The van der Waals surface area contributed by atoms with E-state index in [0.717, 1.165) is 11.3 Å². The molecule has 3 rings (SSSR count). The van der Waals surface area contributed by atoms with Crippen molar-refractivity contribution < 1.29 is 13.2 Å². The van der Waals surface area contributed by atoms with Gasteiger partial charge in [0, 0.05) is 5.39 Å². The van der Waals surface area contributed by atoms with Gasteiger partial charge in [0.25, 0.3) is 15.9 Å². The van der Waals surface area contributed by atoms with Gasteiger partial charge in [-0.3, -0.25) is 14.9 Å². The first-order chi connectivity index (χ1) is 10.5. The molecule has 5 N–H and O–H groups in total. The normalized spacial score (nSPS) is 11.5. The number of nitrogen functional groups attached to an aromatic ring is 1. The average molecular weight is 336 g/mol. The summed E-state index contributed by atoms with van der Waals surface area (Å²) >= 11 is 1.13. The van der Waals surface area contributed by atoms with Crippen molar-refractivity contribution in [2.45, 2.75) is 4.21 Å². The van der Waals surface area contributed by atoms with Crippen molar-refractivity contribution in [3.63, 3.8) is 0 Å². The van der Waals surface area contributed by atoms with E-state index < -0.39 is 15.9 Å². The summed E-state index contributed by atoms with van der Waals surface area (Å²) in [5, 5.41) is 2.39. The number of hydrogen-bond acceptors (Lipinski definition) is 5. The van der Waals surface area contributed by atoms with Crippen molar-refractivity contribution >= 4 is 43.9 Å². The Morgan fingerprint density at radius 1 is 1.23 bits per heavy atom. The number of amides is 1. The Morgan fingerprint density at radius 3 is 2.73 bits per heavy atom. The minimum Gasteiger partial charge on any atom is -0.349 e. The lowest BCUT2D eigenvalue weighted by Gasteiger charge is -2.07. The highest BCUT2D eigenvalue weighted by Gasteiger charge is 2.18. The van der Waals surface area contributed by atoms with E-state index in [9.17, 15) is 13.2 Å². The summed E-state index contributed by atoms with van der Waals surface area (Å²) in [6, 6.07) is 9.87. The highest BCUT2D eigenvalue weighted by molar-refractivity contribution is 7.94. The fourth-order valence-electron chi connectivity index (χ4n) is 2.05. The molecule has 0 saturated heterocycles. The Balaban J connectivity index is 2.04. The van der Waals surface area contributed by atoms with Gasteiger partial charge in [-0.2, -0.15) is 0 Å². The van der Waals surface area contributed by atoms with Crippen molar-refractivity contribution in [2.75, 3.05) is 4.72 Å². The third kappa shape index (κ3) is 2.56. The number of aromatic amines is 1. The predicted octanol–water partition coefficient (Wildman–Crippen LogP) is 1.63. The Bertz CT molecular complexity index is 930. The quantitative estimate of drug-likeness (QED) is 0.329. The van der Waals surface area contributed by atoms with E-state index in [1.807, 2.05) is 5.43 Å². The van der Waals surface area contributed by atoms with E-state index in [2.05, 4.69) is 9.71 Å². The Hall–Kier alpha value is -2.36. The van der Waals surface area contributed by atoms with E-state index in [0.29, 0.717) is 16.6 Å². The van der Waals surface area contributed by atoms with E-state index >= 15 is 0 Å². The highest BCUT2D eigenvalue weighted by atomic mass is 32.2. The topological polar surface area (TPSA) is 117 Å². The highest BCUT2D eigenvalue weighted by Crippen LogP contribution is 2.27. The molecule has 0 aliphatic heterocycles. The maximum absolute atomic E-state index is 12.3. The molecule has 0 unspecified atom stereocenters. The standard InChI is InChI=1S/C13H12N4O3S2/c14-16-13(18)10-7-8-3-1-4-9(12(8)15-10)17-22(19,20)11-5-2-6-21-11/h1-7,15,17H,14H2,(H,16,18). The van der Waals surface area contributed by atoms with E-state index in [1.165, 1.54) is 6.07 Å². The van der Waals surface area contributed by atoms with Gasteiger partial charge in [-0.1, -0.05) is 18.2 Å². The maximum Gasteiger partial charge on any atom is 0.281 e. The molecule has 2 aromatic heterocycles. The average Bonchev–Trinajstić information content (AvgIpc) is 3.16. The van der Waals surface area contributed by atoms with Gasteiger partial charge in [0.15, 0.2) is 0 Å². The number of rotatable bonds is 4. The smallest absolute Gasteiger partial charge is 0.281 e. The van der Waals surface area contributed by atoms with Gasteiger partial charge in [-0.05, 0) is 23.6 Å². The summed E-state index contributed by atoms with van der Waals surface area (Å²) in [5.74, 6) is 4.62. The van der Waals surface area contributed by atoms with E-state index in [-0.39, 0.29) is 9.90 Å². The van der Waals surface area contributed by atoms with Crippen LogP contribution in [0.1, 0.15) is 10.5 Å². The molecule has 3 aromatic rings. The second kappa shape index (κ2) is 5.44. The zero-order valence-electron chi connectivity index (χ0n) is 11.2. The summed E-state index contributed by atoms with van der Waals surface area (Å²) in [4.78, 5) is 14.4. The molecule has 0 radical (unpaired) electrons. The number of nitrogens with two attached hydrogens (primary N) is 1. The van der Waals surface area contributed by atoms with Crippen LogP contribution in [0.2, 0.25) is 0 Å². The van der Waals surface area contributed by atoms with Crippen LogP contribution in [0.5, 0.6) is 0 Å². The van der Waals surface area contributed by atoms with E-state index in [1.54, 1.807) is 35.7 Å². The zero-order chi connectivity index (χ0) is 15.7. The summed E-state index contributed by atoms with van der Waals surface area (Å²) in [5.41, 5.74) is 3.15. The van der Waals surface area contributed by atoms with Crippen LogP contribution in [0.3, 0.4) is 0 Å². The van der Waals surface area contributed by atoms with Crippen molar-refractivity contribution in [3.05, 3.63) is 47.5 Å². The zero-order valence-corrected chi connectivity index (χ0v) is 12.8. The molecule has 114 valence electrons. The number of nitrogens with one attached hydrogen (secondary N) is 3. The number of carbonyl (C=O) groups excluding carboxylic acids is 1. The van der Waals surface area contributed by atoms with Crippen molar-refractivity contribution in [2.24, 2.45) is 5.84 Å². The summed E-state index contributed by atoms with van der Waals surface area (Å²) in [6.07, 6.45) is 0. The van der Waals surface area contributed by atoms with Crippen LogP contribution >= 0.6 is 11.3 Å². The molecular formula is C13H12N4O3S2. The number of hydrazine groups is 1. The third-order valence-electron chi connectivity index (χ3n) is 3.04. The second-order valence-electron chi connectivity index (χ2n) is 4.46. The molecule has 1 aromatic carbocycles. The number of hydrogen-bond donors (Lipinski definition) is 4. The molecule has 22 heavy (non-hydrogen) atoms. The number of para-hydroxylation sites is 1. The Kier molecular flexibility index (Phi) is 3.61. The fourth-order valence-corrected chi connectivity index (χ4v) is 4.12. The van der Waals surface area contributed by atoms with Gasteiger partial charge < -0.3 is 4.98 Å². The summed E-state index contributed by atoms with van der Waals surface area (Å²) < 4.78 is 27.3. The third-order valence-corrected chi connectivity index (χ3v) is 5.80. The van der Waals surface area contributed by atoms with Gasteiger partial charge >= 0.3 is 0 Å². The first-order valence-electron chi connectivity index (χ1n) is 6.20. The molecule has 0 atom stereocenters. The number of fused-ring (bicyclic) bond motifs is 1. The lowest BCUT2D eigenvalue weighted by atomic mass is 10.2. The molecule has 0 spiro atoms. The second-order valence-corrected chi connectivity index (χ2v) is 7.32. The summed E-state index contributed by atoms with van der Waals surface area (Å²) in [6.45, 7) is 0. The van der Waals surface area contributed by atoms with Crippen LogP contribution in [0.25, 0.3) is 10.9 Å². The maximum atomic E-state index is 12.3. The molecule has 2 heterocycles. The number of aromatic nitrogens is 1. The van der Waals surface area contributed by atoms with Gasteiger partial charge in [0.1, 0.15) is 9.90 Å². The number of thiophene rings is 1. The SMILES string of the molecule is NNC(=O)c1cc2cccc(NS(=O)(=O)c3cccs3)c2[nH]1. The molecule has 0 bridgehead atoms. The van der Waals surface area contributed by atoms with Crippen LogP contribution in [-0.2, 0) is 10.0 Å². The predicted molar refractivity (Wildman–Crippen MR) is 85.1 cm³/mol. The van der Waals surface area contributed by atoms with Crippen LogP contribution in [-0.4, -0.2) is 19.3 Å². The first kappa shape index (κ1) is 14.6. The first-order valence-corrected chi connectivity index (χ1v) is 8.56. The van der Waals surface area contributed by atoms with Gasteiger partial charge in [0.05, 0.1) is 11.2 Å². The minimum atomic E-state index is -3.65. The molecule has 9 heteroatoms. The van der Waals surface area contributed by atoms with Crippen LogP contribution in [0.15, 0.2) is 46.0 Å². The Morgan fingerprint density at radius 2 is 2.05 bits per heavy atom. The number of carbonyl (C=O) groups is 1. The van der Waals surface area contributed by atoms with Gasteiger partial charge in [0.2, 0.25) is 0 Å². The van der Waals surface area contributed by atoms with Gasteiger partial charge in [-0.15, -0.1) is 11.3 Å². The molecule has 0 aliphatic rings. The molecular weight excluding hydrogens is 324 g/mol. The van der Waals surface area contributed by atoms with Crippen molar-refractivity contribution in [1.29, 1.82) is 0 Å². The molecule has 0 fully saturated rings. The fraction of sp³-hybridized carbons (Fsp3) is 0. The molecule has 0 aliphatic carbocycles. The minimum absolute atomic E-state index is 0.219. The Labute approximate surface area is 130 Å². The number of benzene rings is 1. The number of H-pyrrole nitrogens is 1. The lowest BCUT2D eigenvalue weighted by molar-refractivity contribution is 0.0949. The van der Waals surface area contributed by atoms with Crippen molar-refractivity contribution in [1.82, 2.24) is 10.4 Å². The van der Waals surface area contributed by atoms with Crippen molar-refractivity contribution in [3.8, 4) is 0 Å². The monoisotopic (exact) mass is 336 g/mol. The lowest BCUT2D eigenvalue weighted by Crippen LogP contribution is -2.30. The van der Waals surface area contributed by atoms with Crippen LogP contribution in [0, 0.1) is 0 Å². The molecule has 1 amide bonds. The molecule has 7 nitrogen and oxygen atoms in total.